The van der Waals surface area contributed by atoms with E-state index < -0.39 is 0 Å². The van der Waals surface area contributed by atoms with Crippen LogP contribution in [0.5, 0.6) is 0 Å². The zero-order valence-corrected chi connectivity index (χ0v) is 22.7. The van der Waals surface area contributed by atoms with E-state index >= 15 is 0 Å². The van der Waals surface area contributed by atoms with Gasteiger partial charge in [-0.3, -0.25) is 0 Å². The van der Waals surface area contributed by atoms with E-state index in [4.69, 9.17) is 32.5 Å². The van der Waals surface area contributed by atoms with Crippen LogP contribution in [-0.4, -0.2) is 53.3 Å². The standard InChI is InChI=1S/3C9H13NO.2ClH.Cu/c3*10-9(7-11)6-8-4-2-1-3-5-8;;;/h3*1-5,9,11H,6-7,10H2;2*1H;/q;;;;;+2/p-2. The molecule has 0 aliphatic carbocycles. The van der Waals surface area contributed by atoms with Gasteiger partial charge in [-0.05, 0) is 36.0 Å². The van der Waals surface area contributed by atoms with Gasteiger partial charge in [0.1, 0.15) is 0 Å². The van der Waals surface area contributed by atoms with E-state index in [9.17, 15) is 0 Å². The average Bonchev–Trinajstić information content (AvgIpc) is 2.91. The molecule has 3 aromatic rings. The van der Waals surface area contributed by atoms with Crippen molar-refractivity contribution in [1.82, 2.24) is 0 Å². The van der Waals surface area contributed by atoms with Crippen LogP contribution < -0.4 is 17.2 Å². The SMILES string of the molecule is NC(CO)Cc1ccccc1.NC(CO)Cc1ccccc1.NC(CO)Cc1ccccc1.[Cl][Cu][Cl]. The van der Waals surface area contributed by atoms with Crippen molar-refractivity contribution < 1.29 is 28.5 Å². The first-order valence-corrected chi connectivity index (χ1v) is 14.0. The van der Waals surface area contributed by atoms with Gasteiger partial charge in [0.2, 0.25) is 0 Å². The monoisotopic (exact) mass is 586 g/mol. The Labute approximate surface area is 230 Å². The average molecular weight is 588 g/mol. The summed E-state index contributed by atoms with van der Waals surface area (Å²) in [5.41, 5.74) is 20.2. The number of hydrogen-bond acceptors (Lipinski definition) is 6. The van der Waals surface area contributed by atoms with E-state index in [-0.39, 0.29) is 37.9 Å². The van der Waals surface area contributed by atoms with Crippen molar-refractivity contribution in [2.75, 3.05) is 19.8 Å². The predicted molar refractivity (Wildman–Crippen MR) is 147 cm³/mol. The Morgan fingerprint density at radius 1 is 0.500 bits per heavy atom. The summed E-state index contributed by atoms with van der Waals surface area (Å²) < 4.78 is 0. The van der Waals surface area contributed by atoms with Gasteiger partial charge < -0.3 is 32.5 Å². The molecule has 9 heteroatoms. The maximum absolute atomic E-state index is 8.67. The molecular formula is C27H39Cl2CuN3O3. The van der Waals surface area contributed by atoms with Crippen molar-refractivity contribution in [2.24, 2.45) is 17.2 Å². The molecule has 3 atom stereocenters. The second-order valence-corrected chi connectivity index (χ2v) is 9.50. The van der Waals surface area contributed by atoms with Crippen LogP contribution in [0.2, 0.25) is 0 Å². The summed E-state index contributed by atoms with van der Waals surface area (Å²) in [6, 6.07) is 29.4. The Bertz CT molecular complexity index is 740. The van der Waals surface area contributed by atoms with Crippen molar-refractivity contribution >= 4 is 20.2 Å². The van der Waals surface area contributed by atoms with Crippen LogP contribution in [0, 0.1) is 0 Å². The summed E-state index contributed by atoms with van der Waals surface area (Å²) in [5.74, 6) is 0. The van der Waals surface area contributed by atoms with Crippen molar-refractivity contribution in [3.63, 3.8) is 0 Å². The Morgan fingerprint density at radius 2 is 0.694 bits per heavy atom. The molecule has 0 aromatic heterocycles. The van der Waals surface area contributed by atoms with Crippen LogP contribution in [0.15, 0.2) is 91.0 Å². The molecule has 3 unspecified atom stereocenters. The van der Waals surface area contributed by atoms with E-state index in [2.05, 4.69) is 20.2 Å². The van der Waals surface area contributed by atoms with E-state index in [1.807, 2.05) is 91.0 Å². The number of halogens is 2. The summed E-state index contributed by atoms with van der Waals surface area (Å²) in [6.07, 6.45) is 2.24. The number of nitrogens with two attached hydrogens (primary N) is 3. The Morgan fingerprint density at radius 3 is 0.861 bits per heavy atom. The fourth-order valence-corrected chi connectivity index (χ4v) is 2.94. The number of benzene rings is 3. The fraction of sp³-hybridized carbons (Fsp3) is 0.333. The van der Waals surface area contributed by atoms with Crippen molar-refractivity contribution in [3.8, 4) is 0 Å². The number of aliphatic hydroxyl groups is 3. The van der Waals surface area contributed by atoms with Gasteiger partial charge in [0, 0.05) is 18.1 Å². The molecule has 6 nitrogen and oxygen atoms in total. The third kappa shape index (κ3) is 19.7. The van der Waals surface area contributed by atoms with Crippen LogP contribution >= 0.6 is 20.2 Å². The van der Waals surface area contributed by atoms with E-state index in [1.54, 1.807) is 0 Å². The molecule has 205 valence electrons. The summed E-state index contributed by atoms with van der Waals surface area (Å²) in [6.45, 7) is 0.151. The van der Waals surface area contributed by atoms with Crippen LogP contribution in [0.25, 0.3) is 0 Å². The maximum atomic E-state index is 8.67. The first kappa shape index (κ1) is 34.5. The van der Waals surface area contributed by atoms with Gasteiger partial charge in [-0.2, -0.15) is 0 Å². The van der Waals surface area contributed by atoms with Crippen molar-refractivity contribution in [1.29, 1.82) is 0 Å². The molecule has 0 bridgehead atoms. The third-order valence-corrected chi connectivity index (χ3v) is 4.73. The second kappa shape index (κ2) is 23.9. The third-order valence-electron chi connectivity index (χ3n) is 4.73. The van der Waals surface area contributed by atoms with Crippen LogP contribution in [0.3, 0.4) is 0 Å². The molecule has 0 amide bonds. The van der Waals surface area contributed by atoms with E-state index in [1.165, 1.54) is 16.7 Å². The van der Waals surface area contributed by atoms with Gasteiger partial charge in [-0.1, -0.05) is 91.0 Å². The van der Waals surface area contributed by atoms with Gasteiger partial charge in [0.05, 0.1) is 19.8 Å². The molecule has 0 heterocycles. The minimum absolute atomic E-state index is 0.0505. The van der Waals surface area contributed by atoms with Gasteiger partial charge in [-0.25, -0.2) is 0 Å². The molecule has 0 aliphatic rings. The Balaban J connectivity index is 0.000000483. The van der Waals surface area contributed by atoms with E-state index in [0.717, 1.165) is 32.4 Å². The minimum atomic E-state index is -0.127. The fourth-order valence-electron chi connectivity index (χ4n) is 2.94. The predicted octanol–water partition coefficient (Wildman–Crippen LogP) is 3.02. The van der Waals surface area contributed by atoms with Crippen LogP contribution in [0.4, 0.5) is 0 Å². The normalized spacial score (nSPS) is 12.4. The topological polar surface area (TPSA) is 139 Å². The zero-order chi connectivity index (χ0) is 27.0. The molecule has 0 radical (unpaired) electrons. The Hall–Kier alpha value is -1.48. The second-order valence-electron chi connectivity index (χ2n) is 7.94. The summed E-state index contributed by atoms with van der Waals surface area (Å²) in [4.78, 5) is 0. The van der Waals surface area contributed by atoms with Crippen molar-refractivity contribution in [2.45, 2.75) is 37.4 Å². The van der Waals surface area contributed by atoms with E-state index in [0.29, 0.717) is 0 Å². The number of aliphatic hydroxyl groups excluding tert-OH is 3. The molecule has 9 N–H and O–H groups in total. The molecule has 3 rings (SSSR count). The summed E-state index contributed by atoms with van der Waals surface area (Å²) >= 11 is 0.757. The van der Waals surface area contributed by atoms with Crippen molar-refractivity contribution in [3.05, 3.63) is 108 Å². The molecule has 0 saturated carbocycles. The first-order chi connectivity index (χ1) is 17.4. The van der Waals surface area contributed by atoms with Gasteiger partial charge in [0.25, 0.3) is 0 Å². The number of rotatable bonds is 9. The molecule has 0 aliphatic heterocycles. The number of hydrogen-bond donors (Lipinski definition) is 6. The molecule has 0 fully saturated rings. The Kier molecular flexibility index (Phi) is 22.9. The van der Waals surface area contributed by atoms with Gasteiger partial charge >= 0.3 is 33.3 Å². The summed E-state index contributed by atoms with van der Waals surface area (Å²) in [7, 11) is 9.34. The zero-order valence-electron chi connectivity index (χ0n) is 20.3. The molecule has 0 spiro atoms. The molecular weight excluding hydrogens is 549 g/mol. The molecule has 0 saturated heterocycles. The molecule has 36 heavy (non-hydrogen) atoms. The van der Waals surface area contributed by atoms with Gasteiger partial charge in [0.15, 0.2) is 0 Å². The van der Waals surface area contributed by atoms with Crippen LogP contribution in [-0.2, 0) is 32.4 Å². The van der Waals surface area contributed by atoms with Gasteiger partial charge in [-0.15, -0.1) is 0 Å². The van der Waals surface area contributed by atoms with Crippen LogP contribution in [0.1, 0.15) is 16.7 Å². The molecule has 3 aromatic carbocycles. The first-order valence-electron chi connectivity index (χ1n) is 11.4. The quantitative estimate of drug-likeness (QED) is 0.213. The summed E-state index contributed by atoms with van der Waals surface area (Å²) in [5, 5.41) is 26.0.